The number of aromatic carboxylic acids is 1. The van der Waals surface area contributed by atoms with Crippen LogP contribution in [-0.2, 0) is 19.3 Å². The molecule has 0 radical (unpaired) electrons. The van der Waals surface area contributed by atoms with Gasteiger partial charge in [0.1, 0.15) is 29.4 Å². The van der Waals surface area contributed by atoms with Crippen molar-refractivity contribution in [3.05, 3.63) is 89.0 Å². The monoisotopic (exact) mass is 477 g/mol. The van der Waals surface area contributed by atoms with Crippen molar-refractivity contribution in [1.29, 1.82) is 0 Å². The summed E-state index contributed by atoms with van der Waals surface area (Å²) in [5.41, 5.74) is 3.41. The van der Waals surface area contributed by atoms with Crippen molar-refractivity contribution in [1.82, 2.24) is 4.90 Å². The number of hydrogen-bond acceptors (Lipinski definition) is 5. The molecule has 3 rings (SSSR count). The molecule has 0 aromatic heterocycles. The normalized spacial score (nSPS) is 11.8. The van der Waals surface area contributed by atoms with Gasteiger partial charge in [-0.1, -0.05) is 42.5 Å². The molecule has 0 aliphatic carbocycles. The van der Waals surface area contributed by atoms with Gasteiger partial charge < -0.3 is 24.2 Å². The van der Waals surface area contributed by atoms with Crippen molar-refractivity contribution >= 4 is 5.97 Å². The minimum Gasteiger partial charge on any atom is -0.497 e. The summed E-state index contributed by atoms with van der Waals surface area (Å²) in [6.07, 6.45) is 2.34. The van der Waals surface area contributed by atoms with Crippen LogP contribution < -0.4 is 14.2 Å². The highest BCUT2D eigenvalue weighted by molar-refractivity contribution is 5.91. The number of benzene rings is 3. The molecule has 3 aromatic rings. The van der Waals surface area contributed by atoms with Crippen LogP contribution in [0.2, 0.25) is 0 Å². The van der Waals surface area contributed by atoms with Gasteiger partial charge in [0.25, 0.3) is 0 Å². The number of carboxylic acid groups (broad SMARTS) is 1. The Hall–Kier alpha value is -3.51. The van der Waals surface area contributed by atoms with E-state index in [4.69, 9.17) is 14.2 Å². The van der Waals surface area contributed by atoms with Crippen molar-refractivity contribution < 1.29 is 24.1 Å². The average molecular weight is 478 g/mol. The molecule has 0 bridgehead atoms. The molecule has 0 saturated heterocycles. The minimum absolute atomic E-state index is 0.0321. The fraction of sp³-hybridized carbons (Fsp3) is 0.345. The number of hydrogen-bond donors (Lipinski definition) is 1. The Morgan fingerprint density at radius 2 is 1.69 bits per heavy atom. The zero-order valence-corrected chi connectivity index (χ0v) is 21.0. The summed E-state index contributed by atoms with van der Waals surface area (Å²) >= 11 is 0. The quantitative estimate of drug-likeness (QED) is 0.368. The van der Waals surface area contributed by atoms with Crippen LogP contribution in [-0.4, -0.2) is 56.4 Å². The molecular weight excluding hydrogens is 442 g/mol. The summed E-state index contributed by atoms with van der Waals surface area (Å²) in [5, 5.41) is 9.58. The second-order valence-electron chi connectivity index (χ2n) is 8.62. The van der Waals surface area contributed by atoms with E-state index in [1.807, 2.05) is 57.4 Å². The highest BCUT2D eigenvalue weighted by Crippen LogP contribution is 2.27. The van der Waals surface area contributed by atoms with Crippen LogP contribution in [0.3, 0.4) is 0 Å². The molecule has 1 N–H and O–H groups in total. The van der Waals surface area contributed by atoms with E-state index in [2.05, 4.69) is 23.1 Å². The summed E-state index contributed by atoms with van der Waals surface area (Å²) in [6.45, 7) is 2.73. The molecule has 3 aromatic carbocycles. The van der Waals surface area contributed by atoms with E-state index >= 15 is 0 Å². The summed E-state index contributed by atoms with van der Waals surface area (Å²) in [7, 11) is 5.69. The maximum atomic E-state index is 11.7. The highest BCUT2D eigenvalue weighted by Gasteiger charge is 2.20. The van der Waals surface area contributed by atoms with Crippen molar-refractivity contribution in [3.8, 4) is 17.2 Å². The SMILES string of the molecule is CCOc1c(CC(COc2ccccc2CCc2cccc(OC)c2)N(C)C)cccc1C(=O)O. The van der Waals surface area contributed by atoms with Gasteiger partial charge in [-0.2, -0.15) is 0 Å². The van der Waals surface area contributed by atoms with Gasteiger partial charge in [-0.15, -0.1) is 0 Å². The number of rotatable bonds is 13. The van der Waals surface area contributed by atoms with Crippen molar-refractivity contribution in [2.24, 2.45) is 0 Å². The Labute approximate surface area is 208 Å². The zero-order chi connectivity index (χ0) is 25.2. The molecule has 0 spiro atoms. The third kappa shape index (κ3) is 7.23. The van der Waals surface area contributed by atoms with Crippen LogP contribution >= 0.6 is 0 Å². The molecule has 6 heteroatoms. The molecule has 6 nitrogen and oxygen atoms in total. The summed E-state index contributed by atoms with van der Waals surface area (Å²) in [5.74, 6) is 1.18. The molecular formula is C29H35NO5. The van der Waals surface area contributed by atoms with E-state index in [9.17, 15) is 9.90 Å². The van der Waals surface area contributed by atoms with Gasteiger partial charge in [-0.3, -0.25) is 0 Å². The average Bonchev–Trinajstić information content (AvgIpc) is 2.86. The molecule has 0 heterocycles. The number of ether oxygens (including phenoxy) is 3. The van der Waals surface area contributed by atoms with E-state index in [-0.39, 0.29) is 11.6 Å². The van der Waals surface area contributed by atoms with Crippen molar-refractivity contribution in [2.75, 3.05) is 34.4 Å². The fourth-order valence-corrected chi connectivity index (χ4v) is 4.02. The lowest BCUT2D eigenvalue weighted by molar-refractivity contribution is 0.0692. The maximum absolute atomic E-state index is 11.7. The van der Waals surface area contributed by atoms with E-state index in [0.29, 0.717) is 25.4 Å². The molecule has 35 heavy (non-hydrogen) atoms. The first-order valence-corrected chi connectivity index (χ1v) is 11.9. The van der Waals surface area contributed by atoms with Crippen LogP contribution in [0.1, 0.15) is 34.0 Å². The van der Waals surface area contributed by atoms with E-state index < -0.39 is 5.97 Å². The molecule has 186 valence electrons. The number of carboxylic acids is 1. The van der Waals surface area contributed by atoms with Gasteiger partial charge in [0.05, 0.1) is 13.7 Å². The van der Waals surface area contributed by atoms with Crippen molar-refractivity contribution in [3.63, 3.8) is 0 Å². The first kappa shape index (κ1) is 26.1. The summed E-state index contributed by atoms with van der Waals surface area (Å²) < 4.78 is 17.4. The third-order valence-electron chi connectivity index (χ3n) is 6.02. The topological polar surface area (TPSA) is 68.2 Å². The minimum atomic E-state index is -0.988. The summed E-state index contributed by atoms with van der Waals surface area (Å²) in [6, 6.07) is 21.6. The highest BCUT2D eigenvalue weighted by atomic mass is 16.5. The molecule has 0 saturated carbocycles. The van der Waals surface area contributed by atoms with E-state index in [1.54, 1.807) is 19.2 Å². The van der Waals surface area contributed by atoms with Gasteiger partial charge in [0.15, 0.2) is 0 Å². The van der Waals surface area contributed by atoms with Gasteiger partial charge >= 0.3 is 5.97 Å². The van der Waals surface area contributed by atoms with Crippen LogP contribution in [0.25, 0.3) is 0 Å². The number of methoxy groups -OCH3 is 1. The Bertz CT molecular complexity index is 1110. The van der Waals surface area contributed by atoms with Crippen LogP contribution in [0.15, 0.2) is 66.7 Å². The van der Waals surface area contributed by atoms with Gasteiger partial charge in [0, 0.05) is 6.04 Å². The lowest BCUT2D eigenvalue weighted by Crippen LogP contribution is -2.36. The second-order valence-corrected chi connectivity index (χ2v) is 8.62. The molecule has 0 amide bonds. The Balaban J connectivity index is 1.72. The third-order valence-corrected chi connectivity index (χ3v) is 6.02. The van der Waals surface area contributed by atoms with Crippen LogP contribution in [0.4, 0.5) is 0 Å². The predicted molar refractivity (Wildman–Crippen MR) is 138 cm³/mol. The Kier molecular flexibility index (Phi) is 9.56. The smallest absolute Gasteiger partial charge is 0.339 e. The van der Waals surface area contributed by atoms with Gasteiger partial charge in [-0.25, -0.2) is 4.79 Å². The maximum Gasteiger partial charge on any atom is 0.339 e. The second kappa shape index (κ2) is 12.8. The number of carbonyl (C=O) groups is 1. The first-order chi connectivity index (χ1) is 16.9. The Morgan fingerprint density at radius 3 is 2.40 bits per heavy atom. The number of aryl methyl sites for hydroxylation is 2. The zero-order valence-electron chi connectivity index (χ0n) is 21.0. The van der Waals surface area contributed by atoms with Crippen LogP contribution in [0, 0.1) is 0 Å². The van der Waals surface area contributed by atoms with Gasteiger partial charge in [-0.05, 0) is 81.2 Å². The fourth-order valence-electron chi connectivity index (χ4n) is 4.02. The molecule has 0 aliphatic heterocycles. The lowest BCUT2D eigenvalue weighted by Gasteiger charge is -2.26. The lowest BCUT2D eigenvalue weighted by atomic mass is 10.0. The van der Waals surface area contributed by atoms with E-state index in [0.717, 1.165) is 35.5 Å². The molecule has 0 fully saturated rings. The standard InChI is InChI=1S/C29H35NO5/c1-5-34-28-23(12-9-14-26(28)29(31)32)19-24(30(2)3)20-35-27-15-7-6-11-22(27)17-16-21-10-8-13-25(18-21)33-4/h6-15,18,24H,5,16-17,19-20H2,1-4H3,(H,31,32). The number of nitrogens with zero attached hydrogens (tertiary/aromatic N) is 1. The van der Waals surface area contributed by atoms with Gasteiger partial charge in [0.2, 0.25) is 0 Å². The van der Waals surface area contributed by atoms with Crippen molar-refractivity contribution in [2.45, 2.75) is 32.2 Å². The summed E-state index contributed by atoms with van der Waals surface area (Å²) in [4.78, 5) is 13.8. The Morgan fingerprint density at radius 1 is 0.943 bits per heavy atom. The molecule has 1 atom stereocenters. The molecule has 0 aliphatic rings. The number of para-hydroxylation sites is 2. The van der Waals surface area contributed by atoms with Crippen LogP contribution in [0.5, 0.6) is 17.2 Å². The predicted octanol–water partition coefficient (Wildman–Crippen LogP) is 5.13. The first-order valence-electron chi connectivity index (χ1n) is 11.9. The largest absolute Gasteiger partial charge is 0.497 e. The number of likely N-dealkylation sites (N-methyl/N-ethyl adjacent to an activating group) is 1. The van der Waals surface area contributed by atoms with E-state index in [1.165, 1.54) is 5.56 Å². The molecule has 1 unspecified atom stereocenters.